The Morgan fingerprint density at radius 2 is 1.83 bits per heavy atom. The maximum atomic E-state index is 14.1. The van der Waals surface area contributed by atoms with Crippen molar-refractivity contribution in [1.82, 2.24) is 14.6 Å². The molecule has 10 nitrogen and oxygen atoms in total. The molecule has 3 rings (SSSR count). The number of sulfonamides is 1. The standard InChI is InChI=1S/C29H37ClN4O6S2/c1-4-22-18-32-15-13-25(22)24-10-7-9-23(17-24)21(3)34(42(39,40)28-12-8-11-26(30)20(28)2)16-6-5-14-33-29(35)27(31)19-41(36,37)38/h7-13,15,17-18,21,27H,4-6,14,16,19,31H2,1-3H3,(H,33,35)(H,36,37,38). The van der Waals surface area contributed by atoms with Crippen molar-refractivity contribution >= 4 is 37.6 Å². The zero-order chi connectivity index (χ0) is 31.1. The van der Waals surface area contributed by atoms with E-state index < -0.39 is 43.9 Å². The number of nitrogens with zero attached hydrogens (tertiary/aromatic N) is 2. The summed E-state index contributed by atoms with van der Waals surface area (Å²) in [5.41, 5.74) is 9.87. The molecular weight excluding hydrogens is 600 g/mol. The van der Waals surface area contributed by atoms with E-state index in [0.29, 0.717) is 23.4 Å². The Balaban J connectivity index is 1.86. The Morgan fingerprint density at radius 1 is 1.12 bits per heavy atom. The van der Waals surface area contributed by atoms with Crippen LogP contribution in [-0.2, 0) is 31.4 Å². The molecule has 0 spiro atoms. The summed E-state index contributed by atoms with van der Waals surface area (Å²) in [4.78, 5) is 16.4. The lowest BCUT2D eigenvalue weighted by Gasteiger charge is -2.30. The van der Waals surface area contributed by atoms with Gasteiger partial charge >= 0.3 is 0 Å². The van der Waals surface area contributed by atoms with Gasteiger partial charge in [0, 0.05) is 36.5 Å². The van der Waals surface area contributed by atoms with Crippen LogP contribution in [0.15, 0.2) is 65.8 Å². The van der Waals surface area contributed by atoms with E-state index >= 15 is 0 Å². The molecule has 4 N–H and O–H groups in total. The second-order valence-corrected chi connectivity index (χ2v) is 13.8. The van der Waals surface area contributed by atoms with Gasteiger partial charge in [-0.15, -0.1) is 0 Å². The zero-order valence-corrected chi connectivity index (χ0v) is 26.2. The third-order valence-electron chi connectivity index (χ3n) is 7.03. The van der Waals surface area contributed by atoms with Gasteiger partial charge in [-0.3, -0.25) is 14.3 Å². The molecular formula is C29H37ClN4O6S2. The Labute approximate surface area is 253 Å². The molecule has 1 aromatic heterocycles. The molecule has 1 heterocycles. The molecule has 2 aromatic carbocycles. The van der Waals surface area contributed by atoms with Crippen molar-refractivity contribution in [1.29, 1.82) is 0 Å². The summed E-state index contributed by atoms with van der Waals surface area (Å²) in [6.45, 7) is 5.84. The number of amides is 1. The molecule has 228 valence electrons. The summed E-state index contributed by atoms with van der Waals surface area (Å²) in [5.74, 6) is -1.61. The largest absolute Gasteiger partial charge is 0.355 e. The Morgan fingerprint density at radius 3 is 2.52 bits per heavy atom. The number of carbonyl (C=O) groups is 1. The molecule has 0 saturated carbocycles. The van der Waals surface area contributed by atoms with Crippen LogP contribution in [0, 0.1) is 6.92 Å². The highest BCUT2D eigenvalue weighted by atomic mass is 35.5. The molecule has 0 radical (unpaired) electrons. The molecule has 2 unspecified atom stereocenters. The SMILES string of the molecule is CCc1cnccc1-c1cccc(C(C)N(CCCCNC(=O)C(N)CS(=O)(=O)O)S(=O)(=O)c2cccc(Cl)c2C)c1. The lowest BCUT2D eigenvalue weighted by atomic mass is 9.97. The Bertz CT molecular complexity index is 1620. The number of halogens is 1. The third-order valence-corrected chi connectivity index (χ3v) is 10.3. The molecule has 1 amide bonds. The van der Waals surface area contributed by atoms with E-state index in [2.05, 4.69) is 17.2 Å². The molecule has 3 aromatic rings. The molecule has 42 heavy (non-hydrogen) atoms. The van der Waals surface area contributed by atoms with Crippen molar-refractivity contribution in [2.45, 2.75) is 57.0 Å². The highest BCUT2D eigenvalue weighted by molar-refractivity contribution is 7.89. The van der Waals surface area contributed by atoms with Crippen LogP contribution in [0.4, 0.5) is 0 Å². The lowest BCUT2D eigenvalue weighted by Crippen LogP contribution is -2.45. The van der Waals surface area contributed by atoms with E-state index in [9.17, 15) is 21.6 Å². The lowest BCUT2D eigenvalue weighted by molar-refractivity contribution is -0.121. The molecule has 0 aliphatic rings. The predicted octanol–water partition coefficient (Wildman–Crippen LogP) is 4.14. The number of pyridine rings is 1. The molecule has 0 aliphatic carbocycles. The number of nitrogens with one attached hydrogen (secondary N) is 1. The Kier molecular flexibility index (Phi) is 11.6. The number of hydrogen-bond donors (Lipinski definition) is 3. The molecule has 0 fully saturated rings. The maximum absolute atomic E-state index is 14.1. The number of aryl methyl sites for hydroxylation is 1. The topological polar surface area (TPSA) is 160 Å². The average Bonchev–Trinajstić information content (AvgIpc) is 2.94. The summed E-state index contributed by atoms with van der Waals surface area (Å²) in [5, 5.41) is 2.88. The highest BCUT2D eigenvalue weighted by Gasteiger charge is 2.31. The quantitative estimate of drug-likeness (QED) is 0.176. The van der Waals surface area contributed by atoms with Gasteiger partial charge in [0.25, 0.3) is 10.1 Å². The number of hydrogen-bond acceptors (Lipinski definition) is 7. The van der Waals surface area contributed by atoms with Gasteiger partial charge in [0.05, 0.1) is 10.6 Å². The van der Waals surface area contributed by atoms with Gasteiger partial charge in [-0.25, -0.2) is 8.42 Å². The second-order valence-electron chi connectivity index (χ2n) is 10.0. The van der Waals surface area contributed by atoms with Crippen LogP contribution in [0.2, 0.25) is 5.02 Å². The molecule has 13 heteroatoms. The predicted molar refractivity (Wildman–Crippen MR) is 164 cm³/mol. The number of unbranched alkanes of at least 4 members (excludes halogenated alkanes) is 1. The van der Waals surface area contributed by atoms with Crippen molar-refractivity contribution in [3.63, 3.8) is 0 Å². The number of rotatable bonds is 14. The monoisotopic (exact) mass is 636 g/mol. The van der Waals surface area contributed by atoms with Gasteiger partial charge < -0.3 is 11.1 Å². The van der Waals surface area contributed by atoms with Crippen LogP contribution in [0.5, 0.6) is 0 Å². The highest BCUT2D eigenvalue weighted by Crippen LogP contribution is 2.33. The molecule has 2 atom stereocenters. The van der Waals surface area contributed by atoms with E-state index in [1.807, 2.05) is 43.5 Å². The number of benzene rings is 2. The summed E-state index contributed by atoms with van der Waals surface area (Å²) >= 11 is 6.29. The first-order chi connectivity index (χ1) is 19.8. The van der Waals surface area contributed by atoms with E-state index in [1.54, 1.807) is 25.3 Å². The van der Waals surface area contributed by atoms with Crippen molar-refractivity contribution in [3.8, 4) is 11.1 Å². The fourth-order valence-corrected chi connectivity index (χ4v) is 7.42. The number of aromatic nitrogens is 1. The zero-order valence-electron chi connectivity index (χ0n) is 23.8. The molecule has 0 saturated heterocycles. The van der Waals surface area contributed by atoms with Crippen LogP contribution in [0.3, 0.4) is 0 Å². The molecule has 0 aliphatic heterocycles. The second kappa shape index (κ2) is 14.5. The van der Waals surface area contributed by atoms with E-state index in [1.165, 1.54) is 10.4 Å². The Hall–Kier alpha value is -2.87. The smallest absolute Gasteiger partial charge is 0.266 e. The van der Waals surface area contributed by atoms with Crippen LogP contribution in [-0.4, -0.2) is 61.5 Å². The fraction of sp³-hybridized carbons (Fsp3) is 0.379. The maximum Gasteiger partial charge on any atom is 0.266 e. The first kappa shape index (κ1) is 33.6. The summed E-state index contributed by atoms with van der Waals surface area (Å²) < 4.78 is 60.4. The van der Waals surface area contributed by atoms with Crippen molar-refractivity contribution in [2.24, 2.45) is 5.73 Å². The van der Waals surface area contributed by atoms with Gasteiger partial charge in [0.1, 0.15) is 6.04 Å². The minimum absolute atomic E-state index is 0.116. The summed E-state index contributed by atoms with van der Waals surface area (Å²) in [6.07, 6.45) is 5.15. The van der Waals surface area contributed by atoms with Gasteiger partial charge in [-0.05, 0) is 85.2 Å². The summed E-state index contributed by atoms with van der Waals surface area (Å²) in [6, 6.07) is 12.5. The third kappa shape index (κ3) is 8.59. The molecule has 0 bridgehead atoms. The number of nitrogens with two attached hydrogens (primary N) is 1. The normalized spacial score (nSPS) is 13.6. The first-order valence-electron chi connectivity index (χ1n) is 13.5. The number of carbonyl (C=O) groups excluding carboxylic acids is 1. The van der Waals surface area contributed by atoms with Gasteiger partial charge in [-0.2, -0.15) is 12.7 Å². The summed E-state index contributed by atoms with van der Waals surface area (Å²) in [7, 11) is -8.39. The minimum atomic E-state index is -4.40. The van der Waals surface area contributed by atoms with Crippen LogP contribution in [0.1, 0.15) is 49.4 Å². The first-order valence-corrected chi connectivity index (χ1v) is 17.0. The van der Waals surface area contributed by atoms with Crippen LogP contribution in [0.25, 0.3) is 11.1 Å². The minimum Gasteiger partial charge on any atom is -0.355 e. The van der Waals surface area contributed by atoms with Crippen LogP contribution >= 0.6 is 11.6 Å². The van der Waals surface area contributed by atoms with E-state index in [-0.39, 0.29) is 18.0 Å². The van der Waals surface area contributed by atoms with Crippen molar-refractivity contribution in [2.75, 3.05) is 18.8 Å². The average molecular weight is 637 g/mol. The van der Waals surface area contributed by atoms with Gasteiger partial charge in [0.2, 0.25) is 15.9 Å². The van der Waals surface area contributed by atoms with Gasteiger partial charge in [-0.1, -0.05) is 42.8 Å². The van der Waals surface area contributed by atoms with Crippen molar-refractivity contribution in [3.05, 3.63) is 82.6 Å². The van der Waals surface area contributed by atoms with Crippen molar-refractivity contribution < 1.29 is 26.2 Å². The van der Waals surface area contributed by atoms with E-state index in [4.69, 9.17) is 21.9 Å². The van der Waals surface area contributed by atoms with Gasteiger partial charge in [0.15, 0.2) is 0 Å². The fourth-order valence-electron chi connectivity index (χ4n) is 4.68. The van der Waals surface area contributed by atoms with E-state index in [0.717, 1.165) is 28.7 Å². The van der Waals surface area contributed by atoms with Crippen LogP contribution < -0.4 is 11.1 Å².